The SMILES string of the molecule is COCCNC(=O)CCN1c2ccccc2CC1C. The van der Waals surface area contributed by atoms with Gasteiger partial charge in [-0.2, -0.15) is 0 Å². The topological polar surface area (TPSA) is 41.6 Å². The number of nitrogens with one attached hydrogen (secondary N) is 1. The van der Waals surface area contributed by atoms with Crippen molar-refractivity contribution in [2.75, 3.05) is 31.7 Å². The first-order chi connectivity index (χ1) is 9.22. The van der Waals surface area contributed by atoms with Crippen molar-refractivity contribution >= 4 is 11.6 Å². The number of benzene rings is 1. The van der Waals surface area contributed by atoms with E-state index in [0.29, 0.717) is 25.6 Å². The number of hydrogen-bond acceptors (Lipinski definition) is 3. The Hall–Kier alpha value is -1.55. The minimum Gasteiger partial charge on any atom is -0.383 e. The Morgan fingerprint density at radius 1 is 1.47 bits per heavy atom. The molecule has 19 heavy (non-hydrogen) atoms. The number of anilines is 1. The van der Waals surface area contributed by atoms with Gasteiger partial charge in [0.2, 0.25) is 5.91 Å². The summed E-state index contributed by atoms with van der Waals surface area (Å²) in [4.78, 5) is 14.0. The molecule has 0 saturated heterocycles. The lowest BCUT2D eigenvalue weighted by atomic mass is 10.1. The number of rotatable bonds is 6. The lowest BCUT2D eigenvalue weighted by Crippen LogP contribution is -2.35. The van der Waals surface area contributed by atoms with Crippen molar-refractivity contribution in [3.8, 4) is 0 Å². The standard InChI is InChI=1S/C15H22N2O2/c1-12-11-13-5-3-4-6-14(13)17(12)9-7-15(18)16-8-10-19-2/h3-6,12H,7-11H2,1-2H3,(H,16,18). The quantitative estimate of drug-likeness (QED) is 0.792. The van der Waals surface area contributed by atoms with E-state index in [9.17, 15) is 4.79 Å². The lowest BCUT2D eigenvalue weighted by molar-refractivity contribution is -0.121. The number of amides is 1. The van der Waals surface area contributed by atoms with E-state index in [0.717, 1.165) is 13.0 Å². The number of carbonyl (C=O) groups excluding carboxylic acids is 1. The summed E-state index contributed by atoms with van der Waals surface area (Å²) in [6.07, 6.45) is 1.60. The summed E-state index contributed by atoms with van der Waals surface area (Å²) in [5.74, 6) is 0.0913. The molecule has 4 heteroatoms. The van der Waals surface area contributed by atoms with Crippen LogP contribution in [0.1, 0.15) is 18.9 Å². The number of hydrogen-bond donors (Lipinski definition) is 1. The molecule has 0 fully saturated rings. The van der Waals surface area contributed by atoms with Crippen LogP contribution < -0.4 is 10.2 Å². The molecule has 4 nitrogen and oxygen atoms in total. The van der Waals surface area contributed by atoms with Gasteiger partial charge in [-0.1, -0.05) is 18.2 Å². The van der Waals surface area contributed by atoms with Gasteiger partial charge in [0.1, 0.15) is 0 Å². The van der Waals surface area contributed by atoms with Gasteiger partial charge in [0.05, 0.1) is 6.61 Å². The Morgan fingerprint density at radius 3 is 3.05 bits per heavy atom. The van der Waals surface area contributed by atoms with Gasteiger partial charge in [-0.05, 0) is 25.0 Å². The average molecular weight is 262 g/mol. The third kappa shape index (κ3) is 3.47. The largest absolute Gasteiger partial charge is 0.383 e. The van der Waals surface area contributed by atoms with Crippen LogP contribution in [-0.2, 0) is 16.0 Å². The third-order valence-corrected chi connectivity index (χ3v) is 3.56. The molecule has 1 aliphatic heterocycles. The van der Waals surface area contributed by atoms with E-state index < -0.39 is 0 Å². The van der Waals surface area contributed by atoms with Gasteiger partial charge < -0.3 is 15.0 Å². The molecule has 1 heterocycles. The number of methoxy groups -OCH3 is 1. The molecule has 1 N–H and O–H groups in total. The molecule has 0 saturated carbocycles. The Morgan fingerprint density at radius 2 is 2.26 bits per heavy atom. The summed E-state index contributed by atoms with van der Waals surface area (Å²) in [5.41, 5.74) is 2.66. The fraction of sp³-hybridized carbons (Fsp3) is 0.533. The van der Waals surface area contributed by atoms with Gasteiger partial charge in [0.25, 0.3) is 0 Å². The Bertz CT molecular complexity index is 434. The van der Waals surface area contributed by atoms with E-state index in [1.807, 2.05) is 0 Å². The van der Waals surface area contributed by atoms with Gasteiger partial charge in [-0.15, -0.1) is 0 Å². The summed E-state index contributed by atoms with van der Waals surface area (Å²) < 4.78 is 4.91. The summed E-state index contributed by atoms with van der Waals surface area (Å²) in [5, 5.41) is 2.86. The molecule has 1 aliphatic rings. The van der Waals surface area contributed by atoms with Crippen molar-refractivity contribution < 1.29 is 9.53 Å². The first-order valence-electron chi connectivity index (χ1n) is 6.82. The maximum Gasteiger partial charge on any atom is 0.221 e. The highest BCUT2D eigenvalue weighted by Crippen LogP contribution is 2.31. The van der Waals surface area contributed by atoms with Crippen LogP contribution in [0.15, 0.2) is 24.3 Å². The van der Waals surface area contributed by atoms with Crippen LogP contribution in [0, 0.1) is 0 Å². The van der Waals surface area contributed by atoms with Gasteiger partial charge in [-0.25, -0.2) is 0 Å². The first kappa shape index (κ1) is 13.9. The third-order valence-electron chi connectivity index (χ3n) is 3.56. The van der Waals surface area contributed by atoms with Crippen molar-refractivity contribution in [1.82, 2.24) is 5.32 Å². The number of para-hydroxylation sites is 1. The van der Waals surface area contributed by atoms with Crippen molar-refractivity contribution in [2.45, 2.75) is 25.8 Å². The molecule has 2 rings (SSSR count). The molecule has 0 aromatic heterocycles. The van der Waals surface area contributed by atoms with Crippen molar-refractivity contribution in [2.24, 2.45) is 0 Å². The first-order valence-corrected chi connectivity index (χ1v) is 6.82. The smallest absolute Gasteiger partial charge is 0.221 e. The van der Waals surface area contributed by atoms with Crippen LogP contribution in [-0.4, -0.2) is 38.8 Å². The zero-order chi connectivity index (χ0) is 13.7. The molecule has 0 radical (unpaired) electrons. The highest BCUT2D eigenvalue weighted by Gasteiger charge is 2.25. The average Bonchev–Trinajstić information content (AvgIpc) is 2.72. The fourth-order valence-corrected chi connectivity index (χ4v) is 2.57. The zero-order valence-corrected chi connectivity index (χ0v) is 11.7. The van der Waals surface area contributed by atoms with Crippen molar-refractivity contribution in [3.05, 3.63) is 29.8 Å². The summed E-state index contributed by atoms with van der Waals surface area (Å²) >= 11 is 0. The minimum absolute atomic E-state index is 0.0913. The summed E-state index contributed by atoms with van der Waals surface area (Å²) in [6.45, 7) is 4.13. The second-order valence-electron chi connectivity index (χ2n) is 4.97. The number of nitrogens with zero attached hydrogens (tertiary/aromatic N) is 1. The van der Waals surface area contributed by atoms with E-state index in [2.05, 4.69) is 41.4 Å². The Kier molecular flexibility index (Phi) is 4.80. The van der Waals surface area contributed by atoms with Gasteiger partial charge >= 0.3 is 0 Å². The monoisotopic (exact) mass is 262 g/mol. The van der Waals surface area contributed by atoms with Gasteiger partial charge in [0, 0.05) is 38.3 Å². The highest BCUT2D eigenvalue weighted by molar-refractivity contribution is 5.76. The predicted octanol–water partition coefficient (Wildman–Crippen LogP) is 1.59. The van der Waals surface area contributed by atoms with E-state index in [4.69, 9.17) is 4.74 Å². The second kappa shape index (κ2) is 6.57. The molecule has 104 valence electrons. The molecule has 0 aliphatic carbocycles. The van der Waals surface area contributed by atoms with Crippen LogP contribution in [0.5, 0.6) is 0 Å². The van der Waals surface area contributed by atoms with E-state index >= 15 is 0 Å². The highest BCUT2D eigenvalue weighted by atomic mass is 16.5. The predicted molar refractivity (Wildman–Crippen MR) is 76.5 cm³/mol. The maximum absolute atomic E-state index is 11.7. The van der Waals surface area contributed by atoms with Gasteiger partial charge in [-0.3, -0.25) is 4.79 Å². The number of ether oxygens (including phenoxy) is 1. The van der Waals surface area contributed by atoms with Crippen LogP contribution in [0.4, 0.5) is 5.69 Å². The zero-order valence-electron chi connectivity index (χ0n) is 11.7. The molecule has 0 bridgehead atoms. The van der Waals surface area contributed by atoms with Gasteiger partial charge in [0.15, 0.2) is 0 Å². The number of fused-ring (bicyclic) bond motifs is 1. The minimum atomic E-state index is 0.0913. The molecular weight excluding hydrogens is 240 g/mol. The number of carbonyl (C=O) groups is 1. The van der Waals surface area contributed by atoms with E-state index in [-0.39, 0.29) is 5.91 Å². The van der Waals surface area contributed by atoms with Crippen LogP contribution >= 0.6 is 0 Å². The molecule has 1 aromatic carbocycles. The molecule has 1 unspecified atom stereocenters. The summed E-state index contributed by atoms with van der Waals surface area (Å²) in [7, 11) is 1.63. The molecule has 1 amide bonds. The van der Waals surface area contributed by atoms with E-state index in [1.54, 1.807) is 7.11 Å². The molecule has 1 atom stereocenters. The second-order valence-corrected chi connectivity index (χ2v) is 4.97. The summed E-state index contributed by atoms with van der Waals surface area (Å²) in [6, 6.07) is 8.92. The van der Waals surface area contributed by atoms with E-state index in [1.165, 1.54) is 11.3 Å². The van der Waals surface area contributed by atoms with Crippen LogP contribution in [0.2, 0.25) is 0 Å². The fourth-order valence-electron chi connectivity index (χ4n) is 2.57. The Labute approximate surface area is 114 Å². The molecule has 0 spiro atoms. The molecular formula is C15H22N2O2. The normalized spacial score (nSPS) is 17.4. The van der Waals surface area contributed by atoms with Crippen LogP contribution in [0.25, 0.3) is 0 Å². The van der Waals surface area contributed by atoms with Crippen molar-refractivity contribution in [3.63, 3.8) is 0 Å². The van der Waals surface area contributed by atoms with Crippen LogP contribution in [0.3, 0.4) is 0 Å². The lowest BCUT2D eigenvalue weighted by Gasteiger charge is -2.24. The Balaban J connectivity index is 1.84. The maximum atomic E-state index is 11.7. The molecule has 1 aromatic rings. The van der Waals surface area contributed by atoms with Crippen molar-refractivity contribution in [1.29, 1.82) is 0 Å².